The minimum atomic E-state index is -0.336. The van der Waals surface area contributed by atoms with Gasteiger partial charge in [-0.2, -0.15) is 0 Å². The molecule has 0 heterocycles. The molecule has 0 amide bonds. The normalized spacial score (nSPS) is 10.4. The average molecular weight is 258 g/mol. The summed E-state index contributed by atoms with van der Waals surface area (Å²) < 4.78 is 18.1. The summed E-state index contributed by atoms with van der Waals surface area (Å²) in [5, 5.41) is 0. The van der Waals surface area contributed by atoms with Crippen molar-refractivity contribution in [3.63, 3.8) is 0 Å². The van der Waals surface area contributed by atoms with Crippen molar-refractivity contribution in [2.24, 2.45) is 0 Å². The first-order chi connectivity index (χ1) is 9.25. The summed E-state index contributed by atoms with van der Waals surface area (Å²) in [5.74, 6) is -0.370. The fourth-order valence-electron chi connectivity index (χ4n) is 1.71. The third kappa shape index (κ3) is 4.30. The molecule has 0 fully saturated rings. The van der Waals surface area contributed by atoms with E-state index in [0.29, 0.717) is 25.2 Å². The van der Waals surface area contributed by atoms with Gasteiger partial charge in [0.05, 0.1) is 13.2 Å². The van der Waals surface area contributed by atoms with Gasteiger partial charge in [-0.15, -0.1) is 0 Å². The maximum atomic E-state index is 12.7. The lowest BCUT2D eigenvalue weighted by Crippen LogP contribution is -2.05. The zero-order valence-electron chi connectivity index (χ0n) is 10.5. The molecule has 2 nitrogen and oxygen atoms in total. The van der Waals surface area contributed by atoms with Crippen molar-refractivity contribution in [3.05, 3.63) is 71.5 Å². The van der Waals surface area contributed by atoms with Crippen molar-refractivity contribution in [2.75, 3.05) is 6.61 Å². The summed E-state index contributed by atoms with van der Waals surface area (Å²) in [6.07, 6.45) is 0.304. The fourth-order valence-corrected chi connectivity index (χ4v) is 1.71. The van der Waals surface area contributed by atoms with Crippen LogP contribution in [0.3, 0.4) is 0 Å². The van der Waals surface area contributed by atoms with Crippen molar-refractivity contribution in [3.8, 4) is 0 Å². The fraction of sp³-hybridized carbons (Fsp3) is 0.188. The van der Waals surface area contributed by atoms with E-state index >= 15 is 0 Å². The van der Waals surface area contributed by atoms with Gasteiger partial charge in [0, 0.05) is 12.0 Å². The molecule has 2 aromatic carbocycles. The van der Waals surface area contributed by atoms with Crippen LogP contribution in [0.25, 0.3) is 0 Å². The zero-order chi connectivity index (χ0) is 13.5. The standard InChI is InChI=1S/C16H15FO2/c17-15-8-6-14(7-9-15)16(18)10-11-19-12-13-4-2-1-3-5-13/h1-9H,10-12H2. The van der Waals surface area contributed by atoms with Crippen LogP contribution >= 0.6 is 0 Å². The summed E-state index contributed by atoms with van der Waals surface area (Å²) in [6.45, 7) is 0.864. The van der Waals surface area contributed by atoms with E-state index in [1.807, 2.05) is 30.3 Å². The Morgan fingerprint density at radius 3 is 2.37 bits per heavy atom. The number of Topliss-reactive ketones (excluding diaryl/α,β-unsaturated/α-hetero) is 1. The van der Waals surface area contributed by atoms with Crippen molar-refractivity contribution < 1.29 is 13.9 Å². The van der Waals surface area contributed by atoms with Gasteiger partial charge in [-0.1, -0.05) is 30.3 Å². The number of halogens is 1. The molecule has 0 radical (unpaired) electrons. The number of rotatable bonds is 6. The molecule has 0 aliphatic rings. The van der Waals surface area contributed by atoms with Gasteiger partial charge in [-0.3, -0.25) is 4.79 Å². The minimum Gasteiger partial charge on any atom is -0.376 e. The molecule has 0 N–H and O–H groups in total. The molecule has 0 aromatic heterocycles. The monoisotopic (exact) mass is 258 g/mol. The molecule has 19 heavy (non-hydrogen) atoms. The Hall–Kier alpha value is -2.00. The summed E-state index contributed by atoms with van der Waals surface area (Å²) in [7, 11) is 0. The Labute approximate surface area is 111 Å². The third-order valence-electron chi connectivity index (χ3n) is 2.75. The second kappa shape index (κ2) is 6.81. The van der Waals surface area contributed by atoms with Crippen LogP contribution in [0.1, 0.15) is 22.3 Å². The van der Waals surface area contributed by atoms with Gasteiger partial charge in [0.2, 0.25) is 0 Å². The van der Waals surface area contributed by atoms with Gasteiger partial charge in [-0.05, 0) is 29.8 Å². The highest BCUT2D eigenvalue weighted by Gasteiger charge is 2.05. The third-order valence-corrected chi connectivity index (χ3v) is 2.75. The van der Waals surface area contributed by atoms with Gasteiger partial charge in [0.15, 0.2) is 5.78 Å². The summed E-state index contributed by atoms with van der Waals surface area (Å²) >= 11 is 0. The van der Waals surface area contributed by atoms with Crippen molar-refractivity contribution >= 4 is 5.78 Å². The lowest BCUT2D eigenvalue weighted by Gasteiger charge is -2.04. The van der Waals surface area contributed by atoms with Crippen LogP contribution in [0.4, 0.5) is 4.39 Å². The van der Waals surface area contributed by atoms with Crippen LogP contribution < -0.4 is 0 Å². The molecule has 2 aromatic rings. The van der Waals surface area contributed by atoms with Gasteiger partial charge in [0.25, 0.3) is 0 Å². The van der Waals surface area contributed by atoms with E-state index in [1.165, 1.54) is 24.3 Å². The van der Waals surface area contributed by atoms with Crippen molar-refractivity contribution in [1.29, 1.82) is 0 Å². The van der Waals surface area contributed by atoms with Crippen molar-refractivity contribution in [2.45, 2.75) is 13.0 Å². The molecule has 0 aliphatic carbocycles. The van der Waals surface area contributed by atoms with Crippen molar-refractivity contribution in [1.82, 2.24) is 0 Å². The predicted molar refractivity (Wildman–Crippen MR) is 71.4 cm³/mol. The maximum absolute atomic E-state index is 12.7. The summed E-state index contributed by atoms with van der Waals surface area (Å²) in [4.78, 5) is 11.8. The van der Waals surface area contributed by atoms with Gasteiger partial charge < -0.3 is 4.74 Å². The summed E-state index contributed by atoms with van der Waals surface area (Å²) in [5.41, 5.74) is 1.60. The van der Waals surface area contributed by atoms with Gasteiger partial charge in [0.1, 0.15) is 5.82 Å². The topological polar surface area (TPSA) is 26.3 Å². The number of hydrogen-bond donors (Lipinski definition) is 0. The molecular weight excluding hydrogens is 243 g/mol. The smallest absolute Gasteiger partial charge is 0.165 e. The predicted octanol–water partition coefficient (Wildman–Crippen LogP) is 3.62. The number of carbonyl (C=O) groups excluding carboxylic acids is 1. The van der Waals surface area contributed by atoms with E-state index in [2.05, 4.69) is 0 Å². The van der Waals surface area contributed by atoms with Crippen LogP contribution in [-0.2, 0) is 11.3 Å². The molecule has 0 saturated carbocycles. The van der Waals surface area contributed by atoms with E-state index in [1.54, 1.807) is 0 Å². The zero-order valence-corrected chi connectivity index (χ0v) is 10.5. The largest absolute Gasteiger partial charge is 0.376 e. The molecule has 0 atom stereocenters. The second-order valence-corrected chi connectivity index (χ2v) is 4.22. The van der Waals surface area contributed by atoms with Crippen LogP contribution in [0.5, 0.6) is 0 Å². The molecule has 0 bridgehead atoms. The van der Waals surface area contributed by atoms with Gasteiger partial charge in [-0.25, -0.2) is 4.39 Å². The molecule has 3 heteroatoms. The lowest BCUT2D eigenvalue weighted by molar-refractivity contribution is 0.0848. The quantitative estimate of drug-likeness (QED) is 0.584. The van der Waals surface area contributed by atoms with Gasteiger partial charge >= 0.3 is 0 Å². The Kier molecular flexibility index (Phi) is 4.81. The second-order valence-electron chi connectivity index (χ2n) is 4.22. The first kappa shape index (κ1) is 13.4. The molecular formula is C16H15FO2. The molecule has 0 saturated heterocycles. The first-order valence-corrected chi connectivity index (χ1v) is 6.16. The average Bonchev–Trinajstić information content (AvgIpc) is 2.45. The van der Waals surface area contributed by atoms with Crippen LogP contribution in [0.2, 0.25) is 0 Å². The number of carbonyl (C=O) groups is 1. The van der Waals surface area contributed by atoms with E-state index in [-0.39, 0.29) is 11.6 Å². The number of ketones is 1. The molecule has 0 aliphatic heterocycles. The summed E-state index contributed by atoms with van der Waals surface area (Å²) in [6, 6.07) is 15.4. The SMILES string of the molecule is O=C(CCOCc1ccccc1)c1ccc(F)cc1. The van der Waals surface area contributed by atoms with Crippen LogP contribution in [0, 0.1) is 5.82 Å². The van der Waals surface area contributed by atoms with E-state index in [9.17, 15) is 9.18 Å². The maximum Gasteiger partial charge on any atom is 0.165 e. The van der Waals surface area contributed by atoms with E-state index < -0.39 is 0 Å². The lowest BCUT2D eigenvalue weighted by atomic mass is 10.1. The Balaban J connectivity index is 1.74. The first-order valence-electron chi connectivity index (χ1n) is 6.16. The highest BCUT2D eigenvalue weighted by Crippen LogP contribution is 2.07. The van der Waals surface area contributed by atoms with Crippen LogP contribution in [0.15, 0.2) is 54.6 Å². The van der Waals surface area contributed by atoms with Crippen LogP contribution in [-0.4, -0.2) is 12.4 Å². The Morgan fingerprint density at radius 1 is 1.00 bits per heavy atom. The molecule has 2 rings (SSSR count). The highest BCUT2D eigenvalue weighted by atomic mass is 19.1. The number of benzene rings is 2. The van der Waals surface area contributed by atoms with E-state index in [4.69, 9.17) is 4.74 Å². The number of ether oxygens (including phenoxy) is 1. The molecule has 0 spiro atoms. The molecule has 98 valence electrons. The Bertz CT molecular complexity index is 520. The minimum absolute atomic E-state index is 0.0342. The van der Waals surface area contributed by atoms with E-state index in [0.717, 1.165) is 5.56 Å². The number of hydrogen-bond acceptors (Lipinski definition) is 2. The highest BCUT2D eigenvalue weighted by molar-refractivity contribution is 5.96. The molecule has 0 unspecified atom stereocenters. The Morgan fingerprint density at radius 2 is 1.68 bits per heavy atom.